The number of hydrogen-bond donors (Lipinski definition) is 1. The summed E-state index contributed by atoms with van der Waals surface area (Å²) in [6.45, 7) is 11.2. The summed E-state index contributed by atoms with van der Waals surface area (Å²) in [5.41, 5.74) is 2.02. The quantitative estimate of drug-likeness (QED) is 0.863. The molecule has 4 nitrogen and oxygen atoms in total. The summed E-state index contributed by atoms with van der Waals surface area (Å²) in [6.07, 6.45) is 2.41. The van der Waals surface area contributed by atoms with E-state index in [4.69, 9.17) is 4.42 Å². The van der Waals surface area contributed by atoms with Gasteiger partial charge < -0.3 is 9.73 Å². The normalized spacial score (nSPS) is 16.6. The third-order valence-electron chi connectivity index (χ3n) is 5.14. The number of carbonyl (C=O) groups is 1. The van der Waals surface area contributed by atoms with Crippen molar-refractivity contribution in [1.82, 2.24) is 10.2 Å². The Morgan fingerprint density at radius 1 is 1.12 bits per heavy atom. The van der Waals surface area contributed by atoms with E-state index in [1.807, 2.05) is 43.3 Å². The topological polar surface area (TPSA) is 45.5 Å². The highest BCUT2D eigenvalue weighted by molar-refractivity contribution is 5.94. The minimum atomic E-state index is -0.0297. The molecule has 0 unspecified atom stereocenters. The summed E-state index contributed by atoms with van der Waals surface area (Å²) in [4.78, 5) is 15.0. The number of furan rings is 1. The molecule has 1 N–H and O–H groups in total. The summed E-state index contributed by atoms with van der Waals surface area (Å²) >= 11 is 0. The van der Waals surface area contributed by atoms with Crippen LogP contribution in [0.4, 0.5) is 0 Å². The van der Waals surface area contributed by atoms with E-state index in [-0.39, 0.29) is 17.4 Å². The Balaban J connectivity index is 1.67. The minimum Gasteiger partial charge on any atom is -0.465 e. The number of carbonyl (C=O) groups excluding carboxylic acids is 1. The Morgan fingerprint density at radius 3 is 2.31 bits per heavy atom. The van der Waals surface area contributed by atoms with Gasteiger partial charge in [0.25, 0.3) is 5.91 Å². The Labute approximate surface area is 156 Å². The van der Waals surface area contributed by atoms with Crippen LogP contribution in [-0.4, -0.2) is 30.4 Å². The zero-order chi connectivity index (χ0) is 18.7. The van der Waals surface area contributed by atoms with Gasteiger partial charge in [0.05, 0.1) is 6.04 Å². The van der Waals surface area contributed by atoms with E-state index in [2.05, 4.69) is 31.0 Å². The first-order valence-electron chi connectivity index (χ1n) is 9.54. The molecule has 1 atom stereocenters. The van der Waals surface area contributed by atoms with E-state index < -0.39 is 0 Å². The highest BCUT2D eigenvalue weighted by atomic mass is 16.3. The second kappa shape index (κ2) is 7.67. The predicted molar refractivity (Wildman–Crippen MR) is 104 cm³/mol. The Hall–Kier alpha value is -2.07. The van der Waals surface area contributed by atoms with Crippen molar-refractivity contribution in [1.29, 1.82) is 0 Å². The molecule has 1 aromatic heterocycles. The monoisotopic (exact) mass is 354 g/mol. The standard InChI is InChI=1S/C22H30N2O2/c1-16-7-12-20(26-16)19(24-13-5-6-14-24)15-23-21(25)17-8-10-18(11-9-17)22(2,3)4/h7-12,19H,5-6,13-15H2,1-4H3,(H,23,25)/t19-/m0/s1. The number of nitrogens with one attached hydrogen (secondary N) is 1. The van der Waals surface area contributed by atoms with Crippen LogP contribution < -0.4 is 5.32 Å². The van der Waals surface area contributed by atoms with E-state index >= 15 is 0 Å². The predicted octanol–water partition coefficient (Wildman–Crippen LogP) is 4.45. The molecule has 3 rings (SSSR count). The summed E-state index contributed by atoms with van der Waals surface area (Å²) in [7, 11) is 0. The molecule has 4 heteroatoms. The molecule has 2 aromatic rings. The molecular formula is C22H30N2O2. The van der Waals surface area contributed by atoms with E-state index in [0.717, 1.165) is 24.6 Å². The van der Waals surface area contributed by atoms with Crippen molar-refractivity contribution >= 4 is 5.91 Å². The number of amides is 1. The van der Waals surface area contributed by atoms with Crippen LogP contribution in [0.25, 0.3) is 0 Å². The summed E-state index contributed by atoms with van der Waals surface area (Å²) in [5, 5.41) is 3.10. The average Bonchev–Trinajstić information content (AvgIpc) is 3.27. The zero-order valence-electron chi connectivity index (χ0n) is 16.3. The number of likely N-dealkylation sites (tertiary alicyclic amines) is 1. The van der Waals surface area contributed by atoms with Crippen LogP contribution in [-0.2, 0) is 5.41 Å². The third-order valence-corrected chi connectivity index (χ3v) is 5.14. The molecule has 1 fully saturated rings. The van der Waals surface area contributed by atoms with Crippen LogP contribution >= 0.6 is 0 Å². The molecule has 1 amide bonds. The number of nitrogens with zero attached hydrogens (tertiary/aromatic N) is 1. The van der Waals surface area contributed by atoms with Gasteiger partial charge >= 0.3 is 0 Å². The van der Waals surface area contributed by atoms with Gasteiger partial charge in [-0.1, -0.05) is 32.9 Å². The van der Waals surface area contributed by atoms with Crippen molar-refractivity contribution in [3.05, 3.63) is 59.0 Å². The molecule has 0 aliphatic carbocycles. The van der Waals surface area contributed by atoms with Crippen molar-refractivity contribution in [2.24, 2.45) is 0 Å². The molecule has 1 aliphatic heterocycles. The molecule has 26 heavy (non-hydrogen) atoms. The van der Waals surface area contributed by atoms with E-state index in [1.165, 1.54) is 18.4 Å². The molecular weight excluding hydrogens is 324 g/mol. The van der Waals surface area contributed by atoms with Gasteiger partial charge in [-0.25, -0.2) is 0 Å². The lowest BCUT2D eigenvalue weighted by Gasteiger charge is -2.26. The van der Waals surface area contributed by atoms with Crippen LogP contribution in [0.5, 0.6) is 0 Å². The van der Waals surface area contributed by atoms with Gasteiger partial charge in [0.2, 0.25) is 0 Å². The molecule has 0 radical (unpaired) electrons. The SMILES string of the molecule is Cc1ccc([C@H](CNC(=O)c2ccc(C(C)(C)C)cc2)N2CCCC2)o1. The van der Waals surface area contributed by atoms with E-state index in [0.29, 0.717) is 12.1 Å². The molecule has 140 valence electrons. The molecule has 1 aromatic carbocycles. The van der Waals surface area contributed by atoms with E-state index in [9.17, 15) is 4.79 Å². The van der Waals surface area contributed by atoms with Crippen molar-refractivity contribution in [3.8, 4) is 0 Å². The first-order valence-corrected chi connectivity index (χ1v) is 9.54. The number of hydrogen-bond acceptors (Lipinski definition) is 3. The fourth-order valence-corrected chi connectivity index (χ4v) is 3.51. The van der Waals surface area contributed by atoms with Gasteiger partial charge in [0.1, 0.15) is 11.5 Å². The largest absolute Gasteiger partial charge is 0.465 e. The summed E-state index contributed by atoms with van der Waals surface area (Å²) in [6, 6.07) is 12.0. The van der Waals surface area contributed by atoms with E-state index in [1.54, 1.807) is 0 Å². The highest BCUT2D eigenvalue weighted by Gasteiger charge is 2.26. The number of aryl methyl sites for hydroxylation is 1. The second-order valence-corrected chi connectivity index (χ2v) is 8.24. The Bertz CT molecular complexity index is 734. The number of rotatable bonds is 5. The minimum absolute atomic E-state index is 0.0297. The molecule has 1 aliphatic rings. The molecule has 0 spiro atoms. The highest BCUT2D eigenvalue weighted by Crippen LogP contribution is 2.26. The van der Waals surface area contributed by atoms with Gasteiger partial charge in [-0.3, -0.25) is 9.69 Å². The smallest absolute Gasteiger partial charge is 0.251 e. The molecule has 1 saturated heterocycles. The van der Waals surface area contributed by atoms with Gasteiger partial charge in [0.15, 0.2) is 0 Å². The maximum Gasteiger partial charge on any atom is 0.251 e. The molecule has 0 bridgehead atoms. The van der Waals surface area contributed by atoms with Gasteiger partial charge in [-0.15, -0.1) is 0 Å². The van der Waals surface area contributed by atoms with Gasteiger partial charge in [-0.2, -0.15) is 0 Å². The molecule has 0 saturated carbocycles. The lowest BCUT2D eigenvalue weighted by atomic mass is 9.87. The zero-order valence-corrected chi connectivity index (χ0v) is 16.3. The maximum atomic E-state index is 12.6. The first kappa shape index (κ1) is 18.7. The van der Waals surface area contributed by atoms with Crippen LogP contribution in [0.3, 0.4) is 0 Å². The van der Waals surface area contributed by atoms with Crippen LogP contribution in [0.1, 0.15) is 67.1 Å². The lowest BCUT2D eigenvalue weighted by Crippen LogP contribution is -2.36. The van der Waals surface area contributed by atoms with Gasteiger partial charge in [0, 0.05) is 12.1 Å². The fraction of sp³-hybridized carbons (Fsp3) is 0.500. The van der Waals surface area contributed by atoms with Crippen molar-refractivity contribution < 1.29 is 9.21 Å². The maximum absolute atomic E-state index is 12.6. The fourth-order valence-electron chi connectivity index (χ4n) is 3.51. The van der Waals surface area contributed by atoms with Crippen LogP contribution in [0, 0.1) is 6.92 Å². The molecule has 2 heterocycles. The van der Waals surface area contributed by atoms with Crippen molar-refractivity contribution in [2.75, 3.05) is 19.6 Å². The number of benzene rings is 1. The Kier molecular flexibility index (Phi) is 5.52. The average molecular weight is 354 g/mol. The van der Waals surface area contributed by atoms with Crippen molar-refractivity contribution in [2.45, 2.75) is 52.0 Å². The third kappa shape index (κ3) is 4.36. The van der Waals surface area contributed by atoms with Gasteiger partial charge in [-0.05, 0) is 68.1 Å². The summed E-state index contributed by atoms with van der Waals surface area (Å²) in [5.74, 6) is 1.82. The van der Waals surface area contributed by atoms with Crippen molar-refractivity contribution in [3.63, 3.8) is 0 Å². The first-order chi connectivity index (χ1) is 12.3. The summed E-state index contributed by atoms with van der Waals surface area (Å²) < 4.78 is 5.86. The van der Waals surface area contributed by atoms with Crippen LogP contribution in [0.2, 0.25) is 0 Å². The second-order valence-electron chi connectivity index (χ2n) is 8.24. The van der Waals surface area contributed by atoms with Crippen LogP contribution in [0.15, 0.2) is 40.8 Å². The lowest BCUT2D eigenvalue weighted by molar-refractivity contribution is 0.0933. The Morgan fingerprint density at radius 2 is 1.77 bits per heavy atom.